The average Bonchev–Trinajstić information content (AvgIpc) is 2.87. The molecule has 7 heteroatoms. The predicted octanol–water partition coefficient (Wildman–Crippen LogP) is 4.52. The van der Waals surface area contributed by atoms with Gasteiger partial charge in [-0.05, 0) is 36.2 Å². The zero-order chi connectivity index (χ0) is 16.4. The van der Waals surface area contributed by atoms with Crippen LogP contribution in [0.3, 0.4) is 0 Å². The summed E-state index contributed by atoms with van der Waals surface area (Å²) < 4.78 is 0.867. The van der Waals surface area contributed by atoms with Crippen molar-refractivity contribution in [1.29, 1.82) is 0 Å². The fourth-order valence-electron chi connectivity index (χ4n) is 2.15. The highest BCUT2D eigenvalue weighted by Crippen LogP contribution is 2.36. The number of aryl methyl sites for hydroxylation is 1. The minimum Gasteiger partial charge on any atom is -0.493 e. The van der Waals surface area contributed by atoms with Gasteiger partial charge in [0.25, 0.3) is 0 Å². The van der Waals surface area contributed by atoms with Gasteiger partial charge in [0, 0.05) is 16.1 Å². The van der Waals surface area contributed by atoms with Crippen molar-refractivity contribution in [2.45, 2.75) is 13.3 Å². The standard InChI is InChI=1S/C16H13BrN4O2/c1-2-9-3-6-12(18-8-9)15(22)21-20-14-11-5-4-10(17)7-13(11)19-16(14)23/h3-8,19,23H,2H2,1H3. The zero-order valence-electron chi connectivity index (χ0n) is 12.2. The van der Waals surface area contributed by atoms with E-state index in [9.17, 15) is 9.90 Å². The van der Waals surface area contributed by atoms with E-state index in [0.29, 0.717) is 10.9 Å². The fraction of sp³-hybridized carbons (Fsp3) is 0.125. The first-order valence-electron chi connectivity index (χ1n) is 6.99. The SMILES string of the molecule is CCc1ccc(C(=O)N=Nc2c(O)[nH]c3cc(Br)ccc23)nc1. The summed E-state index contributed by atoms with van der Waals surface area (Å²) in [6, 6.07) is 8.86. The maximum atomic E-state index is 12.0. The quantitative estimate of drug-likeness (QED) is 0.662. The van der Waals surface area contributed by atoms with E-state index in [0.717, 1.165) is 16.5 Å². The van der Waals surface area contributed by atoms with Crippen LogP contribution < -0.4 is 0 Å². The molecule has 0 fully saturated rings. The molecule has 0 atom stereocenters. The van der Waals surface area contributed by atoms with Gasteiger partial charge in [-0.1, -0.05) is 28.9 Å². The third-order valence-corrected chi connectivity index (χ3v) is 3.90. The monoisotopic (exact) mass is 372 g/mol. The van der Waals surface area contributed by atoms with Crippen LogP contribution in [0.15, 0.2) is 51.2 Å². The van der Waals surface area contributed by atoms with Gasteiger partial charge in [-0.2, -0.15) is 0 Å². The van der Waals surface area contributed by atoms with E-state index in [2.05, 4.69) is 36.1 Å². The molecule has 0 aliphatic rings. The van der Waals surface area contributed by atoms with Crippen LogP contribution in [0.5, 0.6) is 5.88 Å². The first-order chi connectivity index (χ1) is 11.1. The molecule has 2 heterocycles. The fourth-order valence-corrected chi connectivity index (χ4v) is 2.51. The lowest BCUT2D eigenvalue weighted by molar-refractivity contribution is 0.0990. The lowest BCUT2D eigenvalue weighted by Gasteiger charge is -1.97. The summed E-state index contributed by atoms with van der Waals surface area (Å²) >= 11 is 3.35. The number of aromatic hydroxyl groups is 1. The van der Waals surface area contributed by atoms with Crippen molar-refractivity contribution in [3.8, 4) is 5.88 Å². The Labute approximate surface area is 140 Å². The second-order valence-corrected chi connectivity index (χ2v) is 5.84. The van der Waals surface area contributed by atoms with Crippen LogP contribution in [-0.2, 0) is 6.42 Å². The number of carbonyl (C=O) groups is 1. The summed E-state index contributed by atoms with van der Waals surface area (Å²) in [7, 11) is 0. The molecule has 1 aromatic carbocycles. The molecule has 0 aliphatic heterocycles. The Morgan fingerprint density at radius 1 is 1.35 bits per heavy atom. The van der Waals surface area contributed by atoms with Gasteiger partial charge in [0.2, 0.25) is 5.88 Å². The number of amides is 1. The number of pyridine rings is 1. The Bertz CT molecular complexity index is 900. The largest absolute Gasteiger partial charge is 0.493 e. The number of hydrogen-bond acceptors (Lipinski definition) is 4. The number of fused-ring (bicyclic) bond motifs is 1. The Balaban J connectivity index is 1.90. The number of rotatable bonds is 3. The highest BCUT2D eigenvalue weighted by Gasteiger charge is 2.12. The molecule has 0 bridgehead atoms. The first-order valence-corrected chi connectivity index (χ1v) is 7.79. The van der Waals surface area contributed by atoms with Gasteiger partial charge in [-0.3, -0.25) is 9.78 Å². The van der Waals surface area contributed by atoms with Crippen LogP contribution in [0.1, 0.15) is 23.0 Å². The Kier molecular flexibility index (Phi) is 4.20. The number of nitrogens with zero attached hydrogens (tertiary/aromatic N) is 3. The number of halogens is 1. The molecule has 0 saturated carbocycles. The Morgan fingerprint density at radius 2 is 2.17 bits per heavy atom. The number of carbonyl (C=O) groups excluding carboxylic acids is 1. The van der Waals surface area contributed by atoms with Crippen LogP contribution >= 0.6 is 15.9 Å². The topological polar surface area (TPSA) is 90.7 Å². The van der Waals surface area contributed by atoms with Crippen molar-refractivity contribution in [2.24, 2.45) is 10.2 Å². The molecular formula is C16H13BrN4O2. The van der Waals surface area contributed by atoms with Gasteiger partial charge < -0.3 is 10.1 Å². The first kappa shape index (κ1) is 15.4. The molecule has 2 aromatic heterocycles. The molecule has 3 rings (SSSR count). The van der Waals surface area contributed by atoms with E-state index in [4.69, 9.17) is 0 Å². The molecule has 0 radical (unpaired) electrons. The van der Waals surface area contributed by atoms with Crippen LogP contribution in [0.25, 0.3) is 10.9 Å². The van der Waals surface area contributed by atoms with E-state index in [-0.39, 0.29) is 17.3 Å². The number of azo groups is 1. The van der Waals surface area contributed by atoms with E-state index in [1.807, 2.05) is 19.1 Å². The molecule has 116 valence electrons. The van der Waals surface area contributed by atoms with E-state index >= 15 is 0 Å². The molecule has 0 unspecified atom stereocenters. The second kappa shape index (κ2) is 6.29. The van der Waals surface area contributed by atoms with Crippen LogP contribution in [-0.4, -0.2) is 21.0 Å². The third kappa shape index (κ3) is 3.14. The number of nitrogens with one attached hydrogen (secondary N) is 1. The van der Waals surface area contributed by atoms with Crippen molar-refractivity contribution in [1.82, 2.24) is 9.97 Å². The minimum absolute atomic E-state index is 0.135. The second-order valence-electron chi connectivity index (χ2n) is 4.92. The van der Waals surface area contributed by atoms with Gasteiger partial charge in [0.15, 0.2) is 5.69 Å². The van der Waals surface area contributed by atoms with E-state index in [1.54, 1.807) is 24.4 Å². The van der Waals surface area contributed by atoms with Gasteiger partial charge in [0.05, 0.1) is 5.52 Å². The molecule has 6 nitrogen and oxygen atoms in total. The number of aromatic amines is 1. The van der Waals surface area contributed by atoms with Crippen LogP contribution in [0.2, 0.25) is 0 Å². The highest BCUT2D eigenvalue weighted by molar-refractivity contribution is 9.10. The summed E-state index contributed by atoms with van der Waals surface area (Å²) in [5.41, 5.74) is 2.18. The Hall–Kier alpha value is -2.54. The normalized spacial score (nSPS) is 11.4. The summed E-state index contributed by atoms with van der Waals surface area (Å²) in [5.74, 6) is -0.692. The predicted molar refractivity (Wildman–Crippen MR) is 90.1 cm³/mol. The molecule has 23 heavy (non-hydrogen) atoms. The maximum absolute atomic E-state index is 12.0. The molecule has 1 amide bonds. The number of hydrogen-bond donors (Lipinski definition) is 2. The molecule has 3 aromatic rings. The van der Waals surface area contributed by atoms with E-state index in [1.165, 1.54) is 0 Å². The average molecular weight is 373 g/mol. The van der Waals surface area contributed by atoms with Crippen molar-refractivity contribution < 1.29 is 9.90 Å². The number of H-pyrrole nitrogens is 1. The van der Waals surface area contributed by atoms with Crippen molar-refractivity contribution in [2.75, 3.05) is 0 Å². The number of aromatic nitrogens is 2. The lowest BCUT2D eigenvalue weighted by Crippen LogP contribution is -1.98. The van der Waals surface area contributed by atoms with Gasteiger partial charge in [0.1, 0.15) is 5.69 Å². The minimum atomic E-state index is -0.557. The zero-order valence-corrected chi connectivity index (χ0v) is 13.8. The summed E-state index contributed by atoms with van der Waals surface area (Å²) in [6.07, 6.45) is 2.49. The van der Waals surface area contributed by atoms with Gasteiger partial charge in [-0.25, -0.2) is 0 Å². The lowest BCUT2D eigenvalue weighted by atomic mass is 10.2. The van der Waals surface area contributed by atoms with Crippen molar-refractivity contribution in [3.63, 3.8) is 0 Å². The van der Waals surface area contributed by atoms with Crippen LogP contribution in [0, 0.1) is 0 Å². The summed E-state index contributed by atoms with van der Waals surface area (Å²) in [6.45, 7) is 2.01. The number of benzene rings is 1. The summed E-state index contributed by atoms with van der Waals surface area (Å²) in [4.78, 5) is 18.9. The van der Waals surface area contributed by atoms with Crippen molar-refractivity contribution >= 4 is 38.4 Å². The summed E-state index contributed by atoms with van der Waals surface area (Å²) in [5, 5.41) is 18.1. The van der Waals surface area contributed by atoms with Crippen molar-refractivity contribution in [3.05, 3.63) is 52.3 Å². The van der Waals surface area contributed by atoms with Gasteiger partial charge in [-0.15, -0.1) is 10.2 Å². The maximum Gasteiger partial charge on any atom is 0.313 e. The smallest absolute Gasteiger partial charge is 0.313 e. The molecule has 0 saturated heterocycles. The molecule has 0 spiro atoms. The highest BCUT2D eigenvalue weighted by atomic mass is 79.9. The van der Waals surface area contributed by atoms with Gasteiger partial charge >= 0.3 is 5.91 Å². The third-order valence-electron chi connectivity index (χ3n) is 3.41. The Morgan fingerprint density at radius 3 is 2.87 bits per heavy atom. The van der Waals surface area contributed by atoms with Crippen LogP contribution in [0.4, 0.5) is 5.69 Å². The molecule has 0 aliphatic carbocycles. The molecule has 2 N–H and O–H groups in total. The molecular weight excluding hydrogens is 360 g/mol. The van der Waals surface area contributed by atoms with E-state index < -0.39 is 5.91 Å².